The molecular weight excluding hydrogens is 208 g/mol. The van der Waals surface area contributed by atoms with Gasteiger partial charge < -0.3 is 4.57 Å². The van der Waals surface area contributed by atoms with Crippen LogP contribution < -0.4 is 0 Å². The van der Waals surface area contributed by atoms with Crippen molar-refractivity contribution in [1.82, 2.24) is 9.47 Å². The second-order valence-electron chi connectivity index (χ2n) is 5.80. The van der Waals surface area contributed by atoms with Gasteiger partial charge in [-0.1, -0.05) is 19.3 Å². The maximum absolute atomic E-state index is 2.70. The van der Waals surface area contributed by atoms with Gasteiger partial charge in [0.2, 0.25) is 0 Å². The number of hydrogen-bond donors (Lipinski definition) is 0. The molecule has 1 atom stereocenters. The summed E-state index contributed by atoms with van der Waals surface area (Å²) in [7, 11) is 0. The summed E-state index contributed by atoms with van der Waals surface area (Å²) in [5.74, 6) is 0.965. The second kappa shape index (κ2) is 4.85. The van der Waals surface area contributed by atoms with Crippen molar-refractivity contribution in [2.45, 2.75) is 51.6 Å². The molecule has 2 heteroatoms. The fourth-order valence-electron chi connectivity index (χ4n) is 3.58. The lowest BCUT2D eigenvalue weighted by Gasteiger charge is -2.38. The molecule has 2 aliphatic rings. The summed E-state index contributed by atoms with van der Waals surface area (Å²) in [5, 5.41) is 0. The van der Waals surface area contributed by atoms with E-state index in [-0.39, 0.29) is 0 Å². The summed E-state index contributed by atoms with van der Waals surface area (Å²) < 4.78 is 2.42. The van der Waals surface area contributed by atoms with Crippen LogP contribution in [0.1, 0.15) is 50.8 Å². The predicted molar refractivity (Wildman–Crippen MR) is 71.0 cm³/mol. The van der Waals surface area contributed by atoms with E-state index in [0.717, 1.165) is 5.92 Å². The first-order chi connectivity index (χ1) is 8.34. The molecule has 17 heavy (non-hydrogen) atoms. The van der Waals surface area contributed by atoms with E-state index in [9.17, 15) is 0 Å². The first-order valence-electron chi connectivity index (χ1n) is 7.23. The highest BCUT2D eigenvalue weighted by atomic mass is 15.2. The van der Waals surface area contributed by atoms with E-state index in [4.69, 9.17) is 0 Å². The van der Waals surface area contributed by atoms with E-state index in [0.29, 0.717) is 6.04 Å². The molecule has 1 aliphatic heterocycles. The van der Waals surface area contributed by atoms with Gasteiger partial charge in [-0.3, -0.25) is 4.90 Å². The number of fused-ring (bicyclic) bond motifs is 1. The minimum atomic E-state index is 0.612. The lowest BCUT2D eigenvalue weighted by atomic mass is 9.88. The van der Waals surface area contributed by atoms with E-state index < -0.39 is 0 Å². The molecule has 0 bridgehead atoms. The first kappa shape index (κ1) is 11.3. The third kappa shape index (κ3) is 2.28. The molecule has 3 rings (SSSR count). The molecule has 1 aromatic rings. The van der Waals surface area contributed by atoms with Gasteiger partial charge in [0.1, 0.15) is 0 Å². The van der Waals surface area contributed by atoms with Gasteiger partial charge in [-0.25, -0.2) is 0 Å². The molecule has 1 fully saturated rings. The molecule has 0 amide bonds. The predicted octanol–water partition coefficient (Wildman–Crippen LogP) is 3.45. The van der Waals surface area contributed by atoms with Crippen molar-refractivity contribution >= 4 is 0 Å². The second-order valence-corrected chi connectivity index (χ2v) is 5.80. The Morgan fingerprint density at radius 1 is 1.18 bits per heavy atom. The third-order valence-corrected chi connectivity index (χ3v) is 4.69. The Hall–Kier alpha value is -0.760. The smallest absolute Gasteiger partial charge is 0.0473 e. The zero-order chi connectivity index (χ0) is 11.7. The Labute approximate surface area is 105 Å². The number of nitrogens with zero attached hydrogens (tertiary/aromatic N) is 2. The average molecular weight is 232 g/mol. The van der Waals surface area contributed by atoms with Gasteiger partial charge in [0.05, 0.1) is 0 Å². The summed E-state index contributed by atoms with van der Waals surface area (Å²) in [6, 6.07) is 5.09. The quantitative estimate of drug-likeness (QED) is 0.758. The van der Waals surface area contributed by atoms with E-state index in [2.05, 4.69) is 34.7 Å². The average Bonchev–Trinajstić information content (AvgIpc) is 2.83. The SMILES string of the molecule is CC1c2cccn2CCN1CC1CCCCC1. The summed E-state index contributed by atoms with van der Waals surface area (Å²) in [4.78, 5) is 2.70. The molecular formula is C15H24N2. The minimum Gasteiger partial charge on any atom is -0.349 e. The van der Waals surface area contributed by atoms with Crippen molar-refractivity contribution in [3.05, 3.63) is 24.0 Å². The molecule has 1 aromatic heterocycles. The molecule has 2 heterocycles. The summed E-state index contributed by atoms with van der Waals surface area (Å²) in [6.07, 6.45) is 9.54. The lowest BCUT2D eigenvalue weighted by molar-refractivity contribution is 0.129. The van der Waals surface area contributed by atoms with Gasteiger partial charge in [0.25, 0.3) is 0 Å². The van der Waals surface area contributed by atoms with Gasteiger partial charge in [0.15, 0.2) is 0 Å². The molecule has 94 valence electrons. The van der Waals surface area contributed by atoms with Crippen molar-refractivity contribution in [1.29, 1.82) is 0 Å². The third-order valence-electron chi connectivity index (χ3n) is 4.69. The summed E-state index contributed by atoms with van der Waals surface area (Å²) >= 11 is 0. The highest BCUT2D eigenvalue weighted by Crippen LogP contribution is 2.30. The van der Waals surface area contributed by atoms with Crippen LogP contribution in [0.25, 0.3) is 0 Å². The molecule has 0 spiro atoms. The fourth-order valence-corrected chi connectivity index (χ4v) is 3.58. The largest absolute Gasteiger partial charge is 0.349 e. The molecule has 0 radical (unpaired) electrons. The molecule has 0 N–H and O–H groups in total. The van der Waals surface area contributed by atoms with E-state index >= 15 is 0 Å². The van der Waals surface area contributed by atoms with Crippen LogP contribution in [0.3, 0.4) is 0 Å². The Bertz CT molecular complexity index is 363. The van der Waals surface area contributed by atoms with Gasteiger partial charge in [0, 0.05) is 37.6 Å². The Kier molecular flexibility index (Phi) is 3.24. The Morgan fingerprint density at radius 2 is 2.00 bits per heavy atom. The van der Waals surface area contributed by atoms with Crippen LogP contribution in [0.4, 0.5) is 0 Å². The molecule has 2 nitrogen and oxygen atoms in total. The maximum atomic E-state index is 2.70. The van der Waals surface area contributed by atoms with Crippen molar-refractivity contribution in [2.24, 2.45) is 5.92 Å². The van der Waals surface area contributed by atoms with Crippen LogP contribution in [0, 0.1) is 5.92 Å². The number of hydrogen-bond acceptors (Lipinski definition) is 1. The van der Waals surface area contributed by atoms with Crippen molar-refractivity contribution in [2.75, 3.05) is 13.1 Å². The Morgan fingerprint density at radius 3 is 2.82 bits per heavy atom. The molecule has 0 aromatic carbocycles. The number of aromatic nitrogens is 1. The monoisotopic (exact) mass is 232 g/mol. The van der Waals surface area contributed by atoms with Crippen LogP contribution in [0.5, 0.6) is 0 Å². The van der Waals surface area contributed by atoms with Crippen LogP contribution in [-0.2, 0) is 6.54 Å². The van der Waals surface area contributed by atoms with E-state index in [1.165, 1.54) is 57.4 Å². The number of rotatable bonds is 2. The molecule has 1 aliphatic carbocycles. The van der Waals surface area contributed by atoms with Crippen molar-refractivity contribution in [3.63, 3.8) is 0 Å². The minimum absolute atomic E-state index is 0.612. The van der Waals surface area contributed by atoms with Gasteiger partial charge in [-0.2, -0.15) is 0 Å². The fraction of sp³-hybridized carbons (Fsp3) is 0.733. The van der Waals surface area contributed by atoms with E-state index in [1.807, 2.05) is 0 Å². The molecule has 1 saturated carbocycles. The standard InChI is InChI=1S/C15H24N2/c1-13-15-8-5-9-16(15)10-11-17(13)12-14-6-3-2-4-7-14/h5,8-9,13-14H,2-4,6-7,10-12H2,1H3. The first-order valence-corrected chi connectivity index (χ1v) is 7.23. The maximum Gasteiger partial charge on any atom is 0.0473 e. The summed E-state index contributed by atoms with van der Waals surface area (Å²) in [5.41, 5.74) is 1.51. The zero-order valence-corrected chi connectivity index (χ0v) is 10.9. The lowest BCUT2D eigenvalue weighted by Crippen LogP contribution is -2.39. The van der Waals surface area contributed by atoms with Gasteiger partial charge >= 0.3 is 0 Å². The van der Waals surface area contributed by atoms with E-state index in [1.54, 1.807) is 0 Å². The highest BCUT2D eigenvalue weighted by Gasteiger charge is 2.26. The highest BCUT2D eigenvalue weighted by molar-refractivity contribution is 5.13. The summed E-state index contributed by atoms with van der Waals surface area (Å²) in [6.45, 7) is 6.11. The van der Waals surface area contributed by atoms with Crippen LogP contribution in [-0.4, -0.2) is 22.6 Å². The van der Waals surface area contributed by atoms with Crippen LogP contribution in [0.2, 0.25) is 0 Å². The molecule has 1 unspecified atom stereocenters. The Balaban J connectivity index is 1.65. The normalized spacial score (nSPS) is 27.0. The van der Waals surface area contributed by atoms with Crippen LogP contribution in [0.15, 0.2) is 18.3 Å². The van der Waals surface area contributed by atoms with Crippen molar-refractivity contribution in [3.8, 4) is 0 Å². The van der Waals surface area contributed by atoms with Crippen LogP contribution >= 0.6 is 0 Å². The van der Waals surface area contributed by atoms with Crippen molar-refractivity contribution < 1.29 is 0 Å². The topological polar surface area (TPSA) is 8.17 Å². The van der Waals surface area contributed by atoms with Gasteiger partial charge in [-0.05, 0) is 37.8 Å². The molecule has 0 saturated heterocycles. The van der Waals surface area contributed by atoms with Gasteiger partial charge in [-0.15, -0.1) is 0 Å². The zero-order valence-electron chi connectivity index (χ0n) is 10.9.